The molecule has 0 fully saturated rings. The maximum atomic E-state index is 13.6. The maximum Gasteiger partial charge on any atom is 0.491 e. The molecule has 0 bridgehead atoms. The van der Waals surface area contributed by atoms with Crippen LogP contribution in [0.1, 0.15) is 6.92 Å². The highest BCUT2D eigenvalue weighted by Crippen LogP contribution is 2.22. The smallest absolute Gasteiger partial charge is 0.491 e. The van der Waals surface area contributed by atoms with E-state index in [1.807, 2.05) is 31.2 Å². The largest absolute Gasteiger partial charge is 0.494 e. The van der Waals surface area contributed by atoms with Crippen molar-refractivity contribution in [2.24, 2.45) is 0 Å². The second-order valence-corrected chi connectivity index (χ2v) is 4.07. The van der Waals surface area contributed by atoms with Gasteiger partial charge in [-0.1, -0.05) is 24.3 Å². The first-order valence-electron chi connectivity index (χ1n) is 6.00. The first-order valence-corrected chi connectivity index (χ1v) is 6.00. The van der Waals surface area contributed by atoms with E-state index in [-0.39, 0.29) is 5.46 Å². The lowest BCUT2D eigenvalue weighted by molar-refractivity contribution is 0.340. The van der Waals surface area contributed by atoms with Gasteiger partial charge < -0.3 is 14.8 Å². The van der Waals surface area contributed by atoms with Crippen molar-refractivity contribution < 1.29 is 19.2 Å². The molecule has 0 aliphatic heterocycles. The van der Waals surface area contributed by atoms with Crippen molar-refractivity contribution in [2.75, 3.05) is 6.61 Å². The number of ether oxygens (including phenoxy) is 1. The zero-order chi connectivity index (χ0) is 13.8. The Balaban J connectivity index is 2.29. The highest BCUT2D eigenvalue weighted by molar-refractivity contribution is 6.58. The highest BCUT2D eigenvalue weighted by Gasteiger charge is 2.16. The van der Waals surface area contributed by atoms with E-state index in [0.717, 1.165) is 11.3 Å². The summed E-state index contributed by atoms with van der Waals surface area (Å²) in [5.41, 5.74) is 1.38. The molecule has 98 valence electrons. The summed E-state index contributed by atoms with van der Waals surface area (Å²) in [7, 11) is -1.80. The molecule has 0 spiro atoms. The predicted molar refractivity (Wildman–Crippen MR) is 72.8 cm³/mol. The van der Waals surface area contributed by atoms with Crippen LogP contribution in [0.25, 0.3) is 11.1 Å². The second kappa shape index (κ2) is 5.86. The van der Waals surface area contributed by atoms with Crippen LogP contribution in [0.15, 0.2) is 42.5 Å². The lowest BCUT2D eigenvalue weighted by atomic mass is 9.79. The fourth-order valence-corrected chi connectivity index (χ4v) is 1.83. The van der Waals surface area contributed by atoms with E-state index in [2.05, 4.69) is 0 Å². The molecular formula is C14H14BFO3. The van der Waals surface area contributed by atoms with E-state index in [1.54, 1.807) is 6.07 Å². The number of benzene rings is 2. The van der Waals surface area contributed by atoms with Crippen molar-refractivity contribution in [1.29, 1.82) is 0 Å². The van der Waals surface area contributed by atoms with Crippen LogP contribution in [0.5, 0.6) is 5.75 Å². The molecule has 5 heteroatoms. The van der Waals surface area contributed by atoms with Crippen molar-refractivity contribution in [2.45, 2.75) is 6.92 Å². The Morgan fingerprint density at radius 1 is 1.05 bits per heavy atom. The molecule has 0 saturated carbocycles. The monoisotopic (exact) mass is 260 g/mol. The first kappa shape index (κ1) is 13.6. The summed E-state index contributed by atoms with van der Waals surface area (Å²) in [6, 6.07) is 11.6. The fraction of sp³-hybridized carbons (Fsp3) is 0.143. The average molecular weight is 260 g/mol. The summed E-state index contributed by atoms with van der Waals surface area (Å²) in [4.78, 5) is 0. The molecule has 0 saturated heterocycles. The van der Waals surface area contributed by atoms with E-state index >= 15 is 0 Å². The van der Waals surface area contributed by atoms with Crippen LogP contribution in [0, 0.1) is 5.82 Å². The molecule has 0 heterocycles. The Hall–Kier alpha value is -1.85. The van der Waals surface area contributed by atoms with Gasteiger partial charge in [0.15, 0.2) is 0 Å². The lowest BCUT2D eigenvalue weighted by Gasteiger charge is -2.07. The Morgan fingerprint density at radius 3 is 2.21 bits per heavy atom. The highest BCUT2D eigenvalue weighted by atomic mass is 19.1. The summed E-state index contributed by atoms with van der Waals surface area (Å²) in [6.07, 6.45) is 0. The quantitative estimate of drug-likeness (QED) is 0.820. The molecular weight excluding hydrogens is 246 g/mol. The molecule has 2 N–H and O–H groups in total. The summed E-state index contributed by atoms with van der Waals surface area (Å²) in [6.45, 7) is 2.50. The zero-order valence-electron chi connectivity index (χ0n) is 10.5. The van der Waals surface area contributed by atoms with Gasteiger partial charge in [0.25, 0.3) is 0 Å². The van der Waals surface area contributed by atoms with Gasteiger partial charge in [-0.25, -0.2) is 4.39 Å². The van der Waals surface area contributed by atoms with Crippen molar-refractivity contribution in [1.82, 2.24) is 0 Å². The molecule has 2 aromatic rings. The van der Waals surface area contributed by atoms with Crippen LogP contribution in [0.3, 0.4) is 0 Å². The number of halogens is 1. The molecule has 0 unspecified atom stereocenters. The second-order valence-electron chi connectivity index (χ2n) is 4.07. The number of hydrogen-bond acceptors (Lipinski definition) is 3. The van der Waals surface area contributed by atoms with Gasteiger partial charge in [0.1, 0.15) is 11.6 Å². The topological polar surface area (TPSA) is 49.7 Å². The third-order valence-corrected chi connectivity index (χ3v) is 2.78. The molecule has 0 atom stereocenters. The van der Waals surface area contributed by atoms with E-state index in [4.69, 9.17) is 14.8 Å². The number of hydrogen-bond donors (Lipinski definition) is 2. The van der Waals surface area contributed by atoms with Gasteiger partial charge in [-0.15, -0.1) is 0 Å². The van der Waals surface area contributed by atoms with E-state index in [1.165, 1.54) is 12.1 Å². The fourth-order valence-electron chi connectivity index (χ4n) is 1.83. The van der Waals surface area contributed by atoms with Gasteiger partial charge in [0.2, 0.25) is 0 Å². The molecule has 2 aromatic carbocycles. The summed E-state index contributed by atoms with van der Waals surface area (Å²) >= 11 is 0. The van der Waals surface area contributed by atoms with Gasteiger partial charge >= 0.3 is 7.12 Å². The van der Waals surface area contributed by atoms with Crippen molar-refractivity contribution in [3.05, 3.63) is 48.3 Å². The first-order chi connectivity index (χ1) is 9.11. The van der Waals surface area contributed by atoms with Crippen LogP contribution in [-0.4, -0.2) is 23.8 Å². The van der Waals surface area contributed by atoms with Crippen LogP contribution in [0.2, 0.25) is 0 Å². The standard InChI is InChI=1S/C14H14BFO3/c1-2-19-12-6-3-10(4-7-12)11-5-8-13(15(17)18)14(16)9-11/h3-9,17-18H,2H2,1H3. The minimum absolute atomic E-state index is 0.130. The molecule has 0 amide bonds. The summed E-state index contributed by atoms with van der Waals surface area (Å²) < 4.78 is 19.0. The third kappa shape index (κ3) is 3.13. The molecule has 0 radical (unpaired) electrons. The van der Waals surface area contributed by atoms with Gasteiger partial charge in [-0.05, 0) is 36.2 Å². The minimum Gasteiger partial charge on any atom is -0.494 e. The predicted octanol–water partition coefficient (Wildman–Crippen LogP) is 1.57. The van der Waals surface area contributed by atoms with E-state index in [9.17, 15) is 4.39 Å². The van der Waals surface area contributed by atoms with Crippen molar-refractivity contribution in [3.8, 4) is 16.9 Å². The van der Waals surface area contributed by atoms with Crippen molar-refractivity contribution in [3.63, 3.8) is 0 Å². The SMILES string of the molecule is CCOc1ccc(-c2ccc(B(O)O)c(F)c2)cc1. The third-order valence-electron chi connectivity index (χ3n) is 2.78. The van der Waals surface area contributed by atoms with Crippen LogP contribution in [-0.2, 0) is 0 Å². The van der Waals surface area contributed by atoms with Crippen LogP contribution < -0.4 is 10.2 Å². The van der Waals surface area contributed by atoms with Gasteiger partial charge in [0.05, 0.1) is 6.61 Å². The lowest BCUT2D eigenvalue weighted by Crippen LogP contribution is -2.32. The van der Waals surface area contributed by atoms with Crippen molar-refractivity contribution >= 4 is 12.6 Å². The van der Waals surface area contributed by atoms with Gasteiger partial charge in [-0.3, -0.25) is 0 Å². The Bertz CT molecular complexity index is 555. The Labute approximate surface area is 111 Å². The zero-order valence-corrected chi connectivity index (χ0v) is 10.5. The van der Waals surface area contributed by atoms with Crippen LogP contribution in [0.4, 0.5) is 4.39 Å². The molecule has 0 aliphatic rings. The minimum atomic E-state index is -1.80. The summed E-state index contributed by atoms with van der Waals surface area (Å²) in [5, 5.41) is 17.9. The number of rotatable bonds is 4. The normalized spacial score (nSPS) is 10.3. The molecule has 3 nitrogen and oxygen atoms in total. The maximum absolute atomic E-state index is 13.6. The molecule has 0 aliphatic carbocycles. The van der Waals surface area contributed by atoms with E-state index in [0.29, 0.717) is 12.2 Å². The Kier molecular flexibility index (Phi) is 4.19. The average Bonchev–Trinajstić information content (AvgIpc) is 2.39. The molecule has 0 aromatic heterocycles. The van der Waals surface area contributed by atoms with E-state index < -0.39 is 12.9 Å². The van der Waals surface area contributed by atoms with Gasteiger partial charge in [0, 0.05) is 5.46 Å². The molecule has 19 heavy (non-hydrogen) atoms. The van der Waals surface area contributed by atoms with Gasteiger partial charge in [-0.2, -0.15) is 0 Å². The van der Waals surface area contributed by atoms with Crippen LogP contribution >= 0.6 is 0 Å². The molecule has 2 rings (SSSR count). The summed E-state index contributed by atoms with van der Waals surface area (Å²) in [5.74, 6) is 0.121. The Morgan fingerprint density at radius 2 is 1.68 bits per heavy atom.